The number of aromatic nitrogens is 1. The highest BCUT2D eigenvalue weighted by Crippen LogP contribution is 2.36. The number of para-hydroxylation sites is 1. The molecule has 0 saturated heterocycles. The zero-order chi connectivity index (χ0) is 14.8. The van der Waals surface area contributed by atoms with Crippen molar-refractivity contribution in [2.24, 2.45) is 17.8 Å². The predicted molar refractivity (Wildman–Crippen MR) is 87.1 cm³/mol. The fourth-order valence-corrected chi connectivity index (χ4v) is 3.72. The minimum absolute atomic E-state index is 0.146. The number of fused-ring (bicyclic) bond motifs is 1. The molecule has 1 fully saturated rings. The number of nitrogens with zero attached hydrogens (tertiary/aromatic N) is 1. The molecule has 0 spiro atoms. The van der Waals surface area contributed by atoms with E-state index in [2.05, 4.69) is 43.1 Å². The number of benzene rings is 1. The van der Waals surface area contributed by atoms with E-state index in [0.29, 0.717) is 11.8 Å². The van der Waals surface area contributed by atoms with E-state index in [1.807, 2.05) is 12.3 Å². The molecular weight excluding hydrogens is 258 g/mol. The molecule has 0 bridgehead atoms. The molecule has 1 aromatic carbocycles. The van der Waals surface area contributed by atoms with Crippen LogP contribution in [0.25, 0.3) is 10.9 Å². The summed E-state index contributed by atoms with van der Waals surface area (Å²) in [5.74, 6) is 1.86. The lowest BCUT2D eigenvalue weighted by Gasteiger charge is -2.35. The van der Waals surface area contributed by atoms with E-state index in [9.17, 15) is 5.11 Å². The summed E-state index contributed by atoms with van der Waals surface area (Å²) in [4.78, 5) is 4.43. The van der Waals surface area contributed by atoms with Gasteiger partial charge < -0.3 is 5.11 Å². The van der Waals surface area contributed by atoms with Crippen LogP contribution in [-0.4, -0.2) is 16.2 Å². The van der Waals surface area contributed by atoms with Crippen LogP contribution in [-0.2, 0) is 6.42 Å². The lowest BCUT2D eigenvalue weighted by Crippen LogP contribution is -2.32. The predicted octanol–water partition coefficient (Wildman–Crippen LogP) is 4.21. The molecule has 3 rings (SSSR count). The first-order valence-electron chi connectivity index (χ1n) is 8.16. The number of hydrogen-bond acceptors (Lipinski definition) is 2. The van der Waals surface area contributed by atoms with E-state index in [1.165, 1.54) is 17.4 Å². The van der Waals surface area contributed by atoms with Crippen molar-refractivity contribution in [3.63, 3.8) is 0 Å². The zero-order valence-corrected chi connectivity index (χ0v) is 13.0. The van der Waals surface area contributed by atoms with Crippen molar-refractivity contribution in [2.45, 2.75) is 45.6 Å². The zero-order valence-electron chi connectivity index (χ0n) is 13.0. The average Bonchev–Trinajstić information content (AvgIpc) is 2.49. The Morgan fingerprint density at radius 3 is 2.81 bits per heavy atom. The number of pyridine rings is 1. The lowest BCUT2D eigenvalue weighted by molar-refractivity contribution is 0.0380. The minimum atomic E-state index is -0.146. The van der Waals surface area contributed by atoms with Crippen LogP contribution in [0.1, 0.15) is 38.7 Å². The molecule has 112 valence electrons. The van der Waals surface area contributed by atoms with Gasteiger partial charge in [0.25, 0.3) is 0 Å². The van der Waals surface area contributed by atoms with Crippen LogP contribution in [0.5, 0.6) is 0 Å². The van der Waals surface area contributed by atoms with E-state index < -0.39 is 0 Å². The van der Waals surface area contributed by atoms with Crippen molar-refractivity contribution in [2.75, 3.05) is 0 Å². The van der Waals surface area contributed by atoms with Crippen molar-refractivity contribution >= 4 is 10.9 Å². The molecule has 1 aliphatic rings. The second-order valence-corrected chi connectivity index (χ2v) is 6.84. The molecule has 1 aromatic heterocycles. The molecule has 0 aliphatic heterocycles. The molecule has 0 radical (unpaired) electrons. The summed E-state index contributed by atoms with van der Waals surface area (Å²) in [5, 5.41) is 11.6. The molecule has 3 atom stereocenters. The van der Waals surface area contributed by atoms with Crippen LogP contribution in [0.2, 0.25) is 0 Å². The smallest absolute Gasteiger partial charge is 0.0704 e. The third-order valence-electron chi connectivity index (χ3n) is 5.15. The summed E-state index contributed by atoms with van der Waals surface area (Å²) in [6, 6.07) is 10.4. The Kier molecular flexibility index (Phi) is 4.25. The van der Waals surface area contributed by atoms with Gasteiger partial charge in [-0.15, -0.1) is 0 Å². The van der Waals surface area contributed by atoms with Crippen molar-refractivity contribution in [3.05, 3.63) is 42.1 Å². The van der Waals surface area contributed by atoms with Crippen molar-refractivity contribution in [1.82, 2.24) is 4.98 Å². The van der Waals surface area contributed by atoms with Gasteiger partial charge in [-0.2, -0.15) is 0 Å². The monoisotopic (exact) mass is 283 g/mol. The van der Waals surface area contributed by atoms with Gasteiger partial charge in [0.1, 0.15) is 0 Å². The second kappa shape index (κ2) is 6.15. The molecule has 2 nitrogen and oxygen atoms in total. The Hall–Kier alpha value is -1.41. The van der Waals surface area contributed by atoms with Gasteiger partial charge in [-0.25, -0.2) is 0 Å². The largest absolute Gasteiger partial charge is 0.393 e. The number of aliphatic hydroxyl groups is 1. The van der Waals surface area contributed by atoms with Crippen LogP contribution in [0.15, 0.2) is 36.5 Å². The lowest BCUT2D eigenvalue weighted by atomic mass is 9.72. The molecule has 2 heteroatoms. The van der Waals surface area contributed by atoms with Crippen molar-refractivity contribution < 1.29 is 5.11 Å². The highest BCUT2D eigenvalue weighted by Gasteiger charge is 2.30. The first kappa shape index (κ1) is 14.5. The molecule has 1 heterocycles. The number of aliphatic hydroxyl groups excluding tert-OH is 1. The molecule has 0 amide bonds. The third kappa shape index (κ3) is 3.11. The quantitative estimate of drug-likeness (QED) is 0.915. The minimum Gasteiger partial charge on any atom is -0.393 e. The average molecular weight is 283 g/mol. The van der Waals surface area contributed by atoms with Crippen molar-refractivity contribution in [1.29, 1.82) is 0 Å². The first-order valence-corrected chi connectivity index (χ1v) is 8.16. The van der Waals surface area contributed by atoms with Crippen LogP contribution >= 0.6 is 0 Å². The molecule has 1 saturated carbocycles. The van der Waals surface area contributed by atoms with E-state index in [-0.39, 0.29) is 6.10 Å². The van der Waals surface area contributed by atoms with Crippen LogP contribution < -0.4 is 0 Å². The maximum atomic E-state index is 10.4. The molecule has 3 unspecified atom stereocenters. The van der Waals surface area contributed by atoms with Gasteiger partial charge in [-0.1, -0.05) is 32.0 Å². The van der Waals surface area contributed by atoms with Gasteiger partial charge >= 0.3 is 0 Å². The Morgan fingerprint density at radius 2 is 2.00 bits per heavy atom. The van der Waals surface area contributed by atoms with Gasteiger partial charge in [0.2, 0.25) is 0 Å². The maximum Gasteiger partial charge on any atom is 0.0704 e. The summed E-state index contributed by atoms with van der Waals surface area (Å²) in [6.45, 7) is 4.61. The summed E-state index contributed by atoms with van der Waals surface area (Å²) in [7, 11) is 0. The standard InChI is InChI=1S/C19H25NO/c1-13(2)14-7-8-19(21)16(11-14)12-15-9-10-20-18-6-4-3-5-17(15)18/h3-6,9-10,13-14,16,19,21H,7-8,11-12H2,1-2H3. The molecule has 2 aromatic rings. The molecule has 1 aliphatic carbocycles. The Labute approximate surface area is 127 Å². The van der Waals surface area contributed by atoms with Gasteiger partial charge in [0, 0.05) is 11.6 Å². The summed E-state index contributed by atoms with van der Waals surface area (Å²) >= 11 is 0. The van der Waals surface area contributed by atoms with Crippen LogP contribution in [0.3, 0.4) is 0 Å². The normalized spacial score (nSPS) is 26.4. The number of hydrogen-bond donors (Lipinski definition) is 1. The van der Waals surface area contributed by atoms with Crippen LogP contribution in [0, 0.1) is 17.8 Å². The first-order chi connectivity index (χ1) is 10.1. The Bertz CT molecular complexity index is 602. The maximum absolute atomic E-state index is 10.4. The molecular formula is C19H25NO. The summed E-state index contributed by atoms with van der Waals surface area (Å²) in [6.07, 6.45) is 5.99. The van der Waals surface area contributed by atoms with E-state index >= 15 is 0 Å². The van der Waals surface area contributed by atoms with Crippen LogP contribution in [0.4, 0.5) is 0 Å². The summed E-state index contributed by atoms with van der Waals surface area (Å²) < 4.78 is 0. The second-order valence-electron chi connectivity index (χ2n) is 6.84. The fraction of sp³-hybridized carbons (Fsp3) is 0.526. The van der Waals surface area contributed by atoms with Gasteiger partial charge in [-0.05, 0) is 61.1 Å². The summed E-state index contributed by atoms with van der Waals surface area (Å²) in [5.41, 5.74) is 2.38. The highest BCUT2D eigenvalue weighted by molar-refractivity contribution is 5.81. The Balaban J connectivity index is 1.83. The van der Waals surface area contributed by atoms with E-state index in [1.54, 1.807) is 0 Å². The molecule has 21 heavy (non-hydrogen) atoms. The topological polar surface area (TPSA) is 33.1 Å². The van der Waals surface area contributed by atoms with Crippen molar-refractivity contribution in [3.8, 4) is 0 Å². The highest BCUT2D eigenvalue weighted by atomic mass is 16.3. The van der Waals surface area contributed by atoms with Gasteiger partial charge in [-0.3, -0.25) is 4.98 Å². The Morgan fingerprint density at radius 1 is 1.19 bits per heavy atom. The van der Waals surface area contributed by atoms with Gasteiger partial charge in [0.05, 0.1) is 11.6 Å². The molecule has 1 N–H and O–H groups in total. The number of rotatable bonds is 3. The van der Waals surface area contributed by atoms with Gasteiger partial charge in [0.15, 0.2) is 0 Å². The van der Waals surface area contributed by atoms with E-state index in [4.69, 9.17) is 0 Å². The van der Waals surface area contributed by atoms with E-state index in [0.717, 1.165) is 30.7 Å². The third-order valence-corrected chi connectivity index (χ3v) is 5.15. The SMILES string of the molecule is CC(C)C1CCC(O)C(Cc2ccnc3ccccc23)C1. The fourth-order valence-electron chi connectivity index (χ4n) is 3.72.